The Morgan fingerprint density at radius 3 is 2.80 bits per heavy atom. The number of allylic oxidation sites excluding steroid dienone is 1. The van der Waals surface area contributed by atoms with Gasteiger partial charge in [0.1, 0.15) is 11.2 Å². The van der Waals surface area contributed by atoms with Crippen molar-refractivity contribution in [2.45, 2.75) is 19.4 Å². The normalized spacial score (nSPS) is 15.5. The highest BCUT2D eigenvalue weighted by molar-refractivity contribution is 9.11. The molecule has 0 aromatic heterocycles. The highest BCUT2D eigenvalue weighted by atomic mass is 79.9. The van der Waals surface area contributed by atoms with Crippen molar-refractivity contribution < 1.29 is 4.74 Å². The summed E-state index contributed by atoms with van der Waals surface area (Å²) in [5.41, 5.74) is 1.17. The van der Waals surface area contributed by atoms with Crippen LogP contribution in [0.1, 0.15) is 18.4 Å². The number of nitrogens with zero attached hydrogens (tertiary/aromatic N) is 1. The minimum absolute atomic E-state index is 0.597. The first-order chi connectivity index (χ1) is 7.34. The zero-order valence-corrected chi connectivity index (χ0v) is 9.90. The molecule has 0 spiro atoms. The van der Waals surface area contributed by atoms with Crippen LogP contribution in [-0.2, 0) is 11.3 Å². The molecule has 1 aromatic carbocycles. The second-order valence-electron chi connectivity index (χ2n) is 3.35. The Morgan fingerprint density at radius 2 is 2.07 bits per heavy atom. The summed E-state index contributed by atoms with van der Waals surface area (Å²) < 4.78 is 6.49. The van der Waals surface area contributed by atoms with Gasteiger partial charge < -0.3 is 4.74 Å². The van der Waals surface area contributed by atoms with Gasteiger partial charge in [-0.15, -0.1) is 0 Å². The van der Waals surface area contributed by atoms with Crippen LogP contribution in [0.4, 0.5) is 0 Å². The molecule has 15 heavy (non-hydrogen) atoms. The fraction of sp³-hybridized carbons (Fsp3) is 0.250. The smallest absolute Gasteiger partial charge is 0.189 e. The second kappa shape index (κ2) is 5.12. The Morgan fingerprint density at radius 1 is 1.27 bits per heavy atom. The van der Waals surface area contributed by atoms with E-state index in [4.69, 9.17) is 4.74 Å². The molecular weight excluding hydrogens is 254 g/mol. The fourth-order valence-corrected chi connectivity index (χ4v) is 1.81. The Hall–Kier alpha value is -1.09. The van der Waals surface area contributed by atoms with E-state index in [9.17, 15) is 0 Å². The van der Waals surface area contributed by atoms with Crippen molar-refractivity contribution in [1.29, 1.82) is 0 Å². The van der Waals surface area contributed by atoms with E-state index in [1.54, 1.807) is 0 Å². The minimum atomic E-state index is 0.597. The Labute approximate surface area is 97.8 Å². The summed E-state index contributed by atoms with van der Waals surface area (Å²) in [5, 5.41) is 0. The number of ether oxygens (including phenoxy) is 1. The van der Waals surface area contributed by atoms with Crippen LogP contribution in [0.5, 0.6) is 0 Å². The van der Waals surface area contributed by atoms with E-state index in [0.29, 0.717) is 6.61 Å². The summed E-state index contributed by atoms with van der Waals surface area (Å²) in [7, 11) is 0. The van der Waals surface area contributed by atoms with Gasteiger partial charge in [0.25, 0.3) is 0 Å². The fourth-order valence-electron chi connectivity index (χ4n) is 1.38. The molecule has 0 saturated carbocycles. The van der Waals surface area contributed by atoms with Crippen molar-refractivity contribution in [3.63, 3.8) is 0 Å². The van der Waals surface area contributed by atoms with Gasteiger partial charge in [0.05, 0.1) is 0 Å². The van der Waals surface area contributed by atoms with Crippen molar-refractivity contribution >= 4 is 21.8 Å². The maximum atomic E-state index is 5.62. The molecule has 78 valence electrons. The number of benzene rings is 1. The Bertz CT molecular complexity index is 384. The van der Waals surface area contributed by atoms with Crippen LogP contribution in [0, 0.1) is 0 Å². The van der Waals surface area contributed by atoms with Crippen LogP contribution in [0.25, 0.3) is 0 Å². The zero-order valence-electron chi connectivity index (χ0n) is 8.32. The standard InChI is InChI=1S/C12H12BrNO/c13-11-7-4-8-12(14-11)15-9-10-5-2-1-3-6-10/h1-3,5-7H,4,8-9H2. The van der Waals surface area contributed by atoms with Gasteiger partial charge >= 0.3 is 0 Å². The monoisotopic (exact) mass is 265 g/mol. The molecule has 0 N–H and O–H groups in total. The maximum absolute atomic E-state index is 5.62. The van der Waals surface area contributed by atoms with Crippen LogP contribution >= 0.6 is 15.9 Å². The third-order valence-electron chi connectivity index (χ3n) is 2.15. The van der Waals surface area contributed by atoms with Crippen molar-refractivity contribution in [3.8, 4) is 0 Å². The summed E-state index contributed by atoms with van der Waals surface area (Å²) >= 11 is 3.35. The van der Waals surface area contributed by atoms with Crippen LogP contribution in [0.2, 0.25) is 0 Å². The molecule has 2 rings (SSSR count). The molecule has 0 aliphatic carbocycles. The molecule has 3 heteroatoms. The number of hydrogen-bond acceptors (Lipinski definition) is 2. The van der Waals surface area contributed by atoms with E-state index >= 15 is 0 Å². The Balaban J connectivity index is 1.91. The lowest BCUT2D eigenvalue weighted by Crippen LogP contribution is -2.07. The van der Waals surface area contributed by atoms with Gasteiger partial charge in [-0.25, -0.2) is 4.99 Å². The van der Waals surface area contributed by atoms with Crippen LogP contribution in [0.15, 0.2) is 46.0 Å². The van der Waals surface area contributed by atoms with Crippen LogP contribution in [0.3, 0.4) is 0 Å². The summed E-state index contributed by atoms with van der Waals surface area (Å²) in [6.07, 6.45) is 3.94. The lowest BCUT2D eigenvalue weighted by Gasteiger charge is -2.11. The van der Waals surface area contributed by atoms with Gasteiger partial charge in [-0.1, -0.05) is 36.4 Å². The van der Waals surface area contributed by atoms with E-state index < -0.39 is 0 Å². The molecule has 1 aromatic rings. The molecule has 1 aliphatic heterocycles. The lowest BCUT2D eigenvalue weighted by molar-refractivity contribution is 0.282. The van der Waals surface area contributed by atoms with Crippen molar-refractivity contribution in [3.05, 3.63) is 46.6 Å². The SMILES string of the molecule is BrC1=CCCC(OCc2ccccc2)=N1. The van der Waals surface area contributed by atoms with E-state index in [2.05, 4.69) is 27.0 Å². The molecule has 0 amide bonds. The topological polar surface area (TPSA) is 21.6 Å². The lowest BCUT2D eigenvalue weighted by atomic mass is 10.2. The summed E-state index contributed by atoms with van der Waals surface area (Å²) in [5.74, 6) is 0.813. The van der Waals surface area contributed by atoms with Gasteiger partial charge in [-0.2, -0.15) is 0 Å². The van der Waals surface area contributed by atoms with E-state index in [1.807, 2.05) is 30.3 Å². The van der Waals surface area contributed by atoms with Gasteiger partial charge in [-0.05, 0) is 27.9 Å². The molecular formula is C12H12BrNO. The number of rotatable bonds is 2. The molecule has 0 unspecified atom stereocenters. The first-order valence-electron chi connectivity index (χ1n) is 4.94. The van der Waals surface area contributed by atoms with Crippen molar-refractivity contribution in [1.82, 2.24) is 0 Å². The first kappa shape index (κ1) is 10.4. The molecule has 0 fully saturated rings. The molecule has 1 aliphatic rings. The molecule has 0 bridgehead atoms. The molecule has 0 atom stereocenters. The molecule has 2 nitrogen and oxygen atoms in total. The third kappa shape index (κ3) is 3.20. The highest BCUT2D eigenvalue weighted by Gasteiger charge is 2.06. The van der Waals surface area contributed by atoms with E-state index in [0.717, 1.165) is 23.3 Å². The molecule has 0 radical (unpaired) electrons. The Kier molecular flexibility index (Phi) is 3.56. The molecule has 0 saturated heterocycles. The quantitative estimate of drug-likeness (QED) is 0.749. The number of halogens is 1. The summed E-state index contributed by atoms with van der Waals surface area (Å²) in [4.78, 5) is 4.27. The summed E-state index contributed by atoms with van der Waals surface area (Å²) in [6, 6.07) is 10.1. The molecule has 1 heterocycles. The van der Waals surface area contributed by atoms with Gasteiger partial charge in [0.2, 0.25) is 0 Å². The highest BCUT2D eigenvalue weighted by Crippen LogP contribution is 2.17. The third-order valence-corrected chi connectivity index (χ3v) is 2.65. The number of aliphatic imine (C=N–C) groups is 1. The van der Waals surface area contributed by atoms with E-state index in [-0.39, 0.29) is 0 Å². The van der Waals surface area contributed by atoms with Crippen molar-refractivity contribution in [2.24, 2.45) is 4.99 Å². The van der Waals surface area contributed by atoms with Gasteiger partial charge in [0, 0.05) is 6.42 Å². The first-order valence-corrected chi connectivity index (χ1v) is 5.74. The summed E-state index contributed by atoms with van der Waals surface area (Å²) in [6.45, 7) is 0.597. The van der Waals surface area contributed by atoms with Gasteiger partial charge in [0.15, 0.2) is 5.90 Å². The van der Waals surface area contributed by atoms with E-state index in [1.165, 1.54) is 5.56 Å². The predicted molar refractivity (Wildman–Crippen MR) is 64.9 cm³/mol. The zero-order chi connectivity index (χ0) is 10.5. The van der Waals surface area contributed by atoms with Crippen LogP contribution < -0.4 is 0 Å². The largest absolute Gasteiger partial charge is 0.476 e. The van der Waals surface area contributed by atoms with Crippen LogP contribution in [-0.4, -0.2) is 5.90 Å². The average molecular weight is 266 g/mol. The van der Waals surface area contributed by atoms with Gasteiger partial charge in [-0.3, -0.25) is 0 Å². The number of hydrogen-bond donors (Lipinski definition) is 0. The predicted octanol–water partition coefficient (Wildman–Crippen LogP) is 3.63. The maximum Gasteiger partial charge on any atom is 0.189 e. The minimum Gasteiger partial charge on any atom is -0.476 e. The second-order valence-corrected chi connectivity index (χ2v) is 4.16. The average Bonchev–Trinajstić information content (AvgIpc) is 2.28. The van der Waals surface area contributed by atoms with Crippen molar-refractivity contribution in [2.75, 3.05) is 0 Å².